The number of likely N-dealkylation sites (tertiary alicyclic amines) is 1. The highest BCUT2D eigenvalue weighted by atomic mass is 127. The van der Waals surface area contributed by atoms with Gasteiger partial charge < -0.3 is 10.2 Å². The second-order valence-corrected chi connectivity index (χ2v) is 6.26. The van der Waals surface area contributed by atoms with Crippen molar-refractivity contribution in [2.75, 3.05) is 26.2 Å². The van der Waals surface area contributed by atoms with Crippen LogP contribution in [0.25, 0.3) is 0 Å². The Hall–Kier alpha value is -0.790. The van der Waals surface area contributed by atoms with Crippen LogP contribution in [-0.2, 0) is 7.05 Å². The van der Waals surface area contributed by atoms with E-state index in [0.29, 0.717) is 11.8 Å². The number of hydrogen-bond donors (Lipinski definition) is 1. The van der Waals surface area contributed by atoms with Gasteiger partial charge in [0.05, 0.1) is 6.20 Å². The van der Waals surface area contributed by atoms with Crippen LogP contribution in [0.1, 0.15) is 51.5 Å². The highest BCUT2D eigenvalue weighted by Crippen LogP contribution is 2.26. The first-order valence-electron chi connectivity index (χ1n) is 8.69. The van der Waals surface area contributed by atoms with Crippen molar-refractivity contribution in [1.29, 1.82) is 0 Å². The van der Waals surface area contributed by atoms with Crippen LogP contribution in [0.3, 0.4) is 0 Å². The average Bonchev–Trinajstić information content (AvgIpc) is 3.16. The van der Waals surface area contributed by atoms with Crippen molar-refractivity contribution in [2.24, 2.45) is 18.0 Å². The van der Waals surface area contributed by atoms with Gasteiger partial charge in [-0.15, -0.1) is 24.0 Å². The van der Waals surface area contributed by atoms with E-state index in [1.54, 1.807) is 0 Å². The molecule has 0 spiro atoms. The lowest BCUT2D eigenvalue weighted by Crippen LogP contribution is -2.40. The minimum atomic E-state index is 0. The van der Waals surface area contributed by atoms with E-state index in [2.05, 4.69) is 42.3 Å². The molecule has 1 aliphatic rings. The van der Waals surface area contributed by atoms with Gasteiger partial charge in [0.15, 0.2) is 5.96 Å². The number of aliphatic imine (C=N–C) groups is 1. The third-order valence-electron chi connectivity index (χ3n) is 4.67. The van der Waals surface area contributed by atoms with E-state index in [4.69, 9.17) is 4.99 Å². The molecule has 23 heavy (non-hydrogen) atoms. The quantitative estimate of drug-likeness (QED) is 0.426. The summed E-state index contributed by atoms with van der Waals surface area (Å²) in [6.45, 7) is 10.6. The minimum absolute atomic E-state index is 0. The van der Waals surface area contributed by atoms with Crippen molar-refractivity contribution in [3.05, 3.63) is 18.0 Å². The summed E-state index contributed by atoms with van der Waals surface area (Å²) in [5, 5.41) is 7.76. The van der Waals surface area contributed by atoms with Crippen LogP contribution in [0, 0.1) is 5.92 Å². The maximum Gasteiger partial charge on any atom is 0.193 e. The lowest BCUT2D eigenvalue weighted by Gasteiger charge is -2.22. The molecule has 0 saturated carbocycles. The van der Waals surface area contributed by atoms with Gasteiger partial charge in [-0.2, -0.15) is 5.10 Å². The van der Waals surface area contributed by atoms with Crippen LogP contribution < -0.4 is 5.32 Å². The monoisotopic (exact) mass is 433 g/mol. The summed E-state index contributed by atoms with van der Waals surface area (Å²) in [6, 6.07) is 0. The zero-order valence-electron chi connectivity index (χ0n) is 15.0. The van der Waals surface area contributed by atoms with Crippen LogP contribution in [0.5, 0.6) is 0 Å². The molecule has 6 heteroatoms. The summed E-state index contributed by atoms with van der Waals surface area (Å²) in [6.07, 6.45) is 7.74. The van der Waals surface area contributed by atoms with Gasteiger partial charge in [0.2, 0.25) is 0 Å². The molecule has 1 unspecified atom stereocenters. The van der Waals surface area contributed by atoms with Gasteiger partial charge in [-0.05, 0) is 24.8 Å². The molecule has 1 saturated heterocycles. The molecule has 1 fully saturated rings. The van der Waals surface area contributed by atoms with Gasteiger partial charge >= 0.3 is 0 Å². The van der Waals surface area contributed by atoms with Crippen molar-refractivity contribution in [2.45, 2.75) is 46.0 Å². The Morgan fingerprint density at radius 2 is 2.13 bits per heavy atom. The molecule has 0 aliphatic carbocycles. The standard InChI is InChI=1S/C17H31N5.HI/c1-5-14(6-2)10-19-17(18-7-3)22-9-8-15(13-22)16-11-20-21(4)12-16;/h11-12,14-15H,5-10,13H2,1-4H3,(H,18,19);1H. The number of aromatic nitrogens is 2. The first-order valence-corrected chi connectivity index (χ1v) is 8.69. The van der Waals surface area contributed by atoms with Gasteiger partial charge in [-0.25, -0.2) is 0 Å². The number of nitrogens with one attached hydrogen (secondary N) is 1. The van der Waals surface area contributed by atoms with Crippen LogP contribution in [0.4, 0.5) is 0 Å². The average molecular weight is 433 g/mol. The Kier molecular flexibility index (Phi) is 8.94. The largest absolute Gasteiger partial charge is 0.357 e. The summed E-state index contributed by atoms with van der Waals surface area (Å²) in [5.74, 6) is 2.36. The molecule has 0 bridgehead atoms. The fraction of sp³-hybridized carbons (Fsp3) is 0.765. The van der Waals surface area contributed by atoms with E-state index in [-0.39, 0.29) is 24.0 Å². The zero-order chi connectivity index (χ0) is 15.9. The van der Waals surface area contributed by atoms with Crippen molar-refractivity contribution >= 4 is 29.9 Å². The molecule has 1 aromatic heterocycles. The maximum absolute atomic E-state index is 4.88. The topological polar surface area (TPSA) is 45.5 Å². The predicted octanol–water partition coefficient (Wildman–Crippen LogP) is 3.23. The molecule has 1 aromatic rings. The zero-order valence-corrected chi connectivity index (χ0v) is 17.3. The van der Waals surface area contributed by atoms with E-state index < -0.39 is 0 Å². The van der Waals surface area contributed by atoms with Crippen molar-refractivity contribution < 1.29 is 0 Å². The number of hydrogen-bond acceptors (Lipinski definition) is 2. The Labute approximate surface area is 157 Å². The normalized spacial score (nSPS) is 18.4. The summed E-state index contributed by atoms with van der Waals surface area (Å²) in [4.78, 5) is 7.29. The van der Waals surface area contributed by atoms with E-state index in [1.807, 2.05) is 17.9 Å². The summed E-state index contributed by atoms with van der Waals surface area (Å²) in [7, 11) is 1.98. The summed E-state index contributed by atoms with van der Waals surface area (Å²) in [5.41, 5.74) is 1.35. The summed E-state index contributed by atoms with van der Waals surface area (Å²) >= 11 is 0. The fourth-order valence-electron chi connectivity index (χ4n) is 3.06. The molecule has 1 aliphatic heterocycles. The number of aryl methyl sites for hydroxylation is 1. The smallest absolute Gasteiger partial charge is 0.193 e. The van der Waals surface area contributed by atoms with Gasteiger partial charge in [0, 0.05) is 45.3 Å². The van der Waals surface area contributed by atoms with Crippen LogP contribution in [-0.4, -0.2) is 46.8 Å². The van der Waals surface area contributed by atoms with Gasteiger partial charge in [0.1, 0.15) is 0 Å². The molecule has 0 aromatic carbocycles. The third kappa shape index (κ3) is 5.65. The molecule has 0 amide bonds. The number of halogens is 1. The fourth-order valence-corrected chi connectivity index (χ4v) is 3.06. The molecule has 1 N–H and O–H groups in total. The van der Waals surface area contributed by atoms with E-state index in [1.165, 1.54) is 24.8 Å². The van der Waals surface area contributed by atoms with Crippen LogP contribution >= 0.6 is 24.0 Å². The second kappa shape index (κ2) is 10.2. The predicted molar refractivity (Wildman–Crippen MR) is 108 cm³/mol. The van der Waals surface area contributed by atoms with Gasteiger partial charge in [-0.1, -0.05) is 26.7 Å². The highest BCUT2D eigenvalue weighted by Gasteiger charge is 2.26. The minimum Gasteiger partial charge on any atom is -0.357 e. The van der Waals surface area contributed by atoms with Crippen LogP contribution in [0.15, 0.2) is 17.4 Å². The Bertz CT molecular complexity index is 481. The number of rotatable bonds is 6. The molecule has 132 valence electrons. The van der Waals surface area contributed by atoms with Crippen molar-refractivity contribution in [3.8, 4) is 0 Å². The first-order chi connectivity index (χ1) is 10.7. The molecule has 2 rings (SSSR count). The SMILES string of the molecule is CCNC(=NCC(CC)CC)N1CCC(c2cnn(C)c2)C1.I. The number of nitrogens with zero attached hydrogens (tertiary/aromatic N) is 4. The number of guanidine groups is 1. The van der Waals surface area contributed by atoms with Crippen molar-refractivity contribution in [1.82, 2.24) is 20.0 Å². The third-order valence-corrected chi connectivity index (χ3v) is 4.67. The van der Waals surface area contributed by atoms with Gasteiger partial charge in [-0.3, -0.25) is 9.67 Å². The second-order valence-electron chi connectivity index (χ2n) is 6.26. The molecule has 2 heterocycles. The maximum atomic E-state index is 4.88. The molecule has 5 nitrogen and oxygen atoms in total. The Morgan fingerprint density at radius 1 is 1.39 bits per heavy atom. The lowest BCUT2D eigenvalue weighted by atomic mass is 10.0. The van der Waals surface area contributed by atoms with Gasteiger partial charge in [0.25, 0.3) is 0 Å². The van der Waals surface area contributed by atoms with Crippen molar-refractivity contribution in [3.63, 3.8) is 0 Å². The molecule has 0 radical (unpaired) electrons. The first kappa shape index (κ1) is 20.3. The Morgan fingerprint density at radius 3 is 2.70 bits per heavy atom. The van der Waals surface area contributed by atoms with E-state index >= 15 is 0 Å². The van der Waals surface area contributed by atoms with E-state index in [0.717, 1.165) is 32.1 Å². The molecular weight excluding hydrogens is 401 g/mol. The molecule has 1 atom stereocenters. The van der Waals surface area contributed by atoms with Crippen LogP contribution in [0.2, 0.25) is 0 Å². The molecular formula is C17H32IN5. The Balaban J connectivity index is 0.00000264. The van der Waals surface area contributed by atoms with E-state index in [9.17, 15) is 0 Å². The summed E-state index contributed by atoms with van der Waals surface area (Å²) < 4.78 is 1.89. The lowest BCUT2D eigenvalue weighted by molar-refractivity contribution is 0.468. The highest BCUT2D eigenvalue weighted by molar-refractivity contribution is 14.0.